The quantitative estimate of drug-likeness (QED) is 0.496. The van der Waals surface area contributed by atoms with Crippen LogP contribution in [-0.4, -0.2) is 55.5 Å². The van der Waals surface area contributed by atoms with Crippen molar-refractivity contribution in [2.75, 3.05) is 26.7 Å². The van der Waals surface area contributed by atoms with E-state index >= 15 is 0 Å². The molecule has 1 aromatic rings. The van der Waals surface area contributed by atoms with Gasteiger partial charge in [-0.05, 0) is 18.1 Å². The summed E-state index contributed by atoms with van der Waals surface area (Å²) in [6.07, 6.45) is -4.14. The number of rotatable bonds is 8. The van der Waals surface area contributed by atoms with Crippen LogP contribution in [0.4, 0.5) is 13.2 Å². The highest BCUT2D eigenvalue weighted by molar-refractivity contribution is 5.88. The number of alkyl halides is 3. The number of halogens is 3. The fraction of sp³-hybridized carbons (Fsp3) is 0.526. The molecule has 1 fully saturated rings. The van der Waals surface area contributed by atoms with E-state index < -0.39 is 29.6 Å². The van der Waals surface area contributed by atoms with Crippen LogP contribution in [0.5, 0.6) is 0 Å². The lowest BCUT2D eigenvalue weighted by Gasteiger charge is -2.35. The van der Waals surface area contributed by atoms with E-state index in [-0.39, 0.29) is 37.5 Å². The topological polar surface area (TPSA) is 87.7 Å². The number of methoxy groups -OCH3 is 1. The molecular formula is C19H24F3N3O4. The first-order chi connectivity index (χ1) is 13.7. The Labute approximate surface area is 166 Å². The van der Waals surface area contributed by atoms with E-state index in [1.54, 1.807) is 4.90 Å². The zero-order chi connectivity index (χ0) is 21.4. The Balaban J connectivity index is 2.00. The molecule has 2 amide bonds. The molecule has 0 saturated carbocycles. The summed E-state index contributed by atoms with van der Waals surface area (Å²) in [5.41, 5.74) is -0.699. The summed E-state index contributed by atoms with van der Waals surface area (Å²) in [4.78, 5) is 37.1. The van der Waals surface area contributed by atoms with Crippen molar-refractivity contribution in [1.29, 1.82) is 0 Å². The number of esters is 1. The second-order valence-corrected chi connectivity index (χ2v) is 6.67. The van der Waals surface area contributed by atoms with E-state index in [2.05, 4.69) is 15.4 Å². The first kappa shape index (κ1) is 22.7. The van der Waals surface area contributed by atoms with Crippen molar-refractivity contribution in [3.05, 3.63) is 35.4 Å². The number of nitrogens with zero attached hydrogens (tertiary/aromatic N) is 1. The van der Waals surface area contributed by atoms with Crippen molar-refractivity contribution in [3.63, 3.8) is 0 Å². The molecule has 0 spiro atoms. The summed E-state index contributed by atoms with van der Waals surface area (Å²) < 4.78 is 44.2. The van der Waals surface area contributed by atoms with Gasteiger partial charge in [-0.3, -0.25) is 19.3 Å². The maximum Gasteiger partial charge on any atom is 0.416 e. The molecule has 0 aliphatic carbocycles. The van der Waals surface area contributed by atoms with Gasteiger partial charge in [0.15, 0.2) is 0 Å². The van der Waals surface area contributed by atoms with Crippen LogP contribution in [0.15, 0.2) is 24.3 Å². The molecule has 1 atom stereocenters. The van der Waals surface area contributed by atoms with Crippen LogP contribution in [0.2, 0.25) is 0 Å². The summed E-state index contributed by atoms with van der Waals surface area (Å²) in [5.74, 6) is -1.20. The third-order valence-corrected chi connectivity index (χ3v) is 4.62. The smallest absolute Gasteiger partial charge is 0.416 e. The molecule has 1 aliphatic rings. The fourth-order valence-corrected chi connectivity index (χ4v) is 3.14. The minimum absolute atomic E-state index is 0.0539. The number of benzene rings is 1. The summed E-state index contributed by atoms with van der Waals surface area (Å²) in [7, 11) is 1.27. The molecule has 1 unspecified atom stereocenters. The lowest BCUT2D eigenvalue weighted by atomic mass is 10.0. The molecule has 0 aromatic heterocycles. The zero-order valence-electron chi connectivity index (χ0n) is 16.1. The maximum absolute atomic E-state index is 13.2. The Hall–Kier alpha value is -2.62. The number of piperazine rings is 1. The van der Waals surface area contributed by atoms with E-state index in [9.17, 15) is 27.6 Å². The molecule has 160 valence electrons. The normalized spacial score (nSPS) is 17.5. The van der Waals surface area contributed by atoms with Crippen molar-refractivity contribution in [2.24, 2.45) is 0 Å². The van der Waals surface area contributed by atoms with Gasteiger partial charge in [0, 0.05) is 32.6 Å². The van der Waals surface area contributed by atoms with Crippen LogP contribution in [0.1, 0.15) is 30.4 Å². The summed E-state index contributed by atoms with van der Waals surface area (Å²) in [6, 6.07) is 4.33. The van der Waals surface area contributed by atoms with Crippen molar-refractivity contribution in [1.82, 2.24) is 15.5 Å². The van der Waals surface area contributed by atoms with E-state index in [0.29, 0.717) is 19.5 Å². The predicted molar refractivity (Wildman–Crippen MR) is 97.5 cm³/mol. The summed E-state index contributed by atoms with van der Waals surface area (Å²) in [6.45, 7) is 0.769. The van der Waals surface area contributed by atoms with E-state index in [1.807, 2.05) is 0 Å². The van der Waals surface area contributed by atoms with Crippen LogP contribution in [0.3, 0.4) is 0 Å². The third kappa shape index (κ3) is 6.74. The predicted octanol–water partition coefficient (Wildman–Crippen LogP) is 1.47. The third-order valence-electron chi connectivity index (χ3n) is 4.62. The van der Waals surface area contributed by atoms with Gasteiger partial charge >= 0.3 is 12.1 Å². The van der Waals surface area contributed by atoms with Crippen LogP contribution >= 0.6 is 0 Å². The van der Waals surface area contributed by atoms with E-state index in [1.165, 1.54) is 25.3 Å². The lowest BCUT2D eigenvalue weighted by Crippen LogP contribution is -2.56. The van der Waals surface area contributed by atoms with E-state index in [0.717, 1.165) is 6.07 Å². The van der Waals surface area contributed by atoms with Crippen molar-refractivity contribution >= 4 is 17.8 Å². The van der Waals surface area contributed by atoms with Gasteiger partial charge < -0.3 is 15.4 Å². The number of hydrogen-bond acceptors (Lipinski definition) is 5. The highest BCUT2D eigenvalue weighted by Crippen LogP contribution is 2.32. The summed E-state index contributed by atoms with van der Waals surface area (Å²) >= 11 is 0. The number of carbonyl (C=O) groups excluding carboxylic acids is 3. The molecule has 0 bridgehead atoms. The molecule has 1 heterocycles. The molecule has 1 saturated heterocycles. The Morgan fingerprint density at radius 3 is 2.72 bits per heavy atom. The molecule has 2 N–H and O–H groups in total. The minimum Gasteiger partial charge on any atom is -0.469 e. The lowest BCUT2D eigenvalue weighted by molar-refractivity contribution is -0.141. The largest absolute Gasteiger partial charge is 0.469 e. The Bertz CT molecular complexity index is 740. The molecule has 1 aromatic carbocycles. The first-order valence-electron chi connectivity index (χ1n) is 9.22. The Kier molecular flexibility index (Phi) is 8.00. The second kappa shape index (κ2) is 10.2. The molecule has 29 heavy (non-hydrogen) atoms. The van der Waals surface area contributed by atoms with Gasteiger partial charge in [0.05, 0.1) is 25.1 Å². The number of ether oxygens (including phenoxy) is 1. The molecule has 0 radical (unpaired) electrons. The van der Waals surface area contributed by atoms with Crippen molar-refractivity contribution in [2.45, 2.75) is 38.0 Å². The van der Waals surface area contributed by atoms with Crippen LogP contribution in [-0.2, 0) is 31.8 Å². The van der Waals surface area contributed by atoms with Gasteiger partial charge in [0.2, 0.25) is 11.8 Å². The molecule has 1 aliphatic heterocycles. The monoisotopic (exact) mass is 415 g/mol. The van der Waals surface area contributed by atoms with Gasteiger partial charge in [-0.15, -0.1) is 0 Å². The SMILES string of the molecule is COC(=O)CCCNC(=O)CC1C(=O)NCCN1Cc1ccccc1C(F)(F)F. The average molecular weight is 415 g/mol. The van der Waals surface area contributed by atoms with E-state index in [4.69, 9.17) is 0 Å². The summed E-state index contributed by atoms with van der Waals surface area (Å²) in [5, 5.41) is 5.26. The first-order valence-corrected chi connectivity index (χ1v) is 9.22. The van der Waals surface area contributed by atoms with Gasteiger partial charge in [0.25, 0.3) is 0 Å². The fourth-order valence-electron chi connectivity index (χ4n) is 3.14. The number of hydrogen-bond donors (Lipinski definition) is 2. The number of amides is 2. The van der Waals surface area contributed by atoms with Crippen LogP contribution < -0.4 is 10.6 Å². The molecule has 2 rings (SSSR count). The Morgan fingerprint density at radius 1 is 1.31 bits per heavy atom. The maximum atomic E-state index is 13.2. The Morgan fingerprint density at radius 2 is 2.03 bits per heavy atom. The molecule has 10 heteroatoms. The average Bonchev–Trinajstić information content (AvgIpc) is 2.67. The van der Waals surface area contributed by atoms with Gasteiger partial charge in [-0.25, -0.2) is 0 Å². The molecule has 7 nitrogen and oxygen atoms in total. The van der Waals surface area contributed by atoms with Gasteiger partial charge in [-0.1, -0.05) is 18.2 Å². The minimum atomic E-state index is -4.50. The highest BCUT2D eigenvalue weighted by Gasteiger charge is 2.36. The number of carbonyl (C=O) groups is 3. The second-order valence-electron chi connectivity index (χ2n) is 6.67. The van der Waals surface area contributed by atoms with Gasteiger partial charge in [0.1, 0.15) is 0 Å². The van der Waals surface area contributed by atoms with Crippen LogP contribution in [0.25, 0.3) is 0 Å². The number of nitrogens with one attached hydrogen (secondary N) is 2. The van der Waals surface area contributed by atoms with Crippen molar-refractivity contribution in [3.8, 4) is 0 Å². The highest BCUT2D eigenvalue weighted by atomic mass is 19.4. The standard InChI is InChI=1S/C19H24F3N3O4/c1-29-17(27)7-4-8-23-16(26)11-15-18(28)24-9-10-25(15)12-13-5-2-3-6-14(13)19(20,21)22/h2-3,5-6,15H,4,7-12H2,1H3,(H,23,26)(H,24,28). The van der Waals surface area contributed by atoms with Crippen molar-refractivity contribution < 1.29 is 32.3 Å². The van der Waals surface area contributed by atoms with Gasteiger partial charge in [-0.2, -0.15) is 13.2 Å². The zero-order valence-corrected chi connectivity index (χ0v) is 16.1. The molecular weight excluding hydrogens is 391 g/mol. The van der Waals surface area contributed by atoms with Crippen LogP contribution in [0, 0.1) is 0 Å².